The van der Waals surface area contributed by atoms with Gasteiger partial charge in [-0.25, -0.2) is 4.98 Å². The lowest BCUT2D eigenvalue weighted by molar-refractivity contribution is 0.0625. The van der Waals surface area contributed by atoms with Crippen LogP contribution in [0.2, 0.25) is 0 Å². The Balaban J connectivity index is 0.00000300. The monoisotopic (exact) mass is 516 g/mol. The van der Waals surface area contributed by atoms with E-state index in [9.17, 15) is 0 Å². The molecule has 0 bridgehead atoms. The third kappa shape index (κ3) is 7.25. The summed E-state index contributed by atoms with van der Waals surface area (Å²) in [5.41, 5.74) is 1.23. The van der Waals surface area contributed by atoms with Crippen LogP contribution in [0.1, 0.15) is 24.8 Å². The van der Waals surface area contributed by atoms with Crippen molar-refractivity contribution in [2.45, 2.75) is 25.8 Å². The molecule has 0 amide bonds. The highest BCUT2D eigenvalue weighted by molar-refractivity contribution is 14.0. The molecule has 1 aromatic heterocycles. The summed E-state index contributed by atoms with van der Waals surface area (Å²) >= 11 is 0. The Labute approximate surface area is 192 Å². The number of nitrogens with zero attached hydrogens (tertiary/aromatic N) is 5. The molecule has 3 heterocycles. The van der Waals surface area contributed by atoms with E-state index < -0.39 is 0 Å². The first-order valence-electron chi connectivity index (χ1n) is 10.5. The van der Waals surface area contributed by atoms with Gasteiger partial charge in [-0.3, -0.25) is 4.99 Å². The van der Waals surface area contributed by atoms with Crippen LogP contribution in [0.3, 0.4) is 0 Å². The summed E-state index contributed by atoms with van der Waals surface area (Å²) < 4.78 is 5.47. The highest BCUT2D eigenvalue weighted by atomic mass is 127. The van der Waals surface area contributed by atoms with Crippen molar-refractivity contribution in [3.63, 3.8) is 0 Å². The van der Waals surface area contributed by atoms with Crippen molar-refractivity contribution in [1.29, 1.82) is 0 Å². The minimum atomic E-state index is 0. The van der Waals surface area contributed by atoms with Gasteiger partial charge in [-0.05, 0) is 38.3 Å². The number of piperazine rings is 1. The third-order valence-electron chi connectivity index (χ3n) is 5.89. The number of likely N-dealkylation sites (N-methyl/N-ethyl adjacent to an activating group) is 1. The van der Waals surface area contributed by atoms with Crippen LogP contribution in [-0.4, -0.2) is 87.8 Å². The molecular weight excluding hydrogens is 479 g/mol. The van der Waals surface area contributed by atoms with E-state index in [-0.39, 0.29) is 24.0 Å². The van der Waals surface area contributed by atoms with Crippen LogP contribution in [0.5, 0.6) is 0 Å². The molecule has 0 saturated carbocycles. The molecule has 0 unspecified atom stereocenters. The molecule has 1 aromatic rings. The van der Waals surface area contributed by atoms with Gasteiger partial charge >= 0.3 is 0 Å². The molecule has 1 N–H and O–H groups in total. The predicted octanol–water partition coefficient (Wildman–Crippen LogP) is 2.28. The predicted molar refractivity (Wildman–Crippen MR) is 130 cm³/mol. The molecule has 3 rings (SSSR count). The second kappa shape index (κ2) is 12.5. The Morgan fingerprint density at radius 3 is 2.69 bits per heavy atom. The van der Waals surface area contributed by atoms with E-state index >= 15 is 0 Å². The van der Waals surface area contributed by atoms with Crippen molar-refractivity contribution in [3.05, 3.63) is 23.9 Å². The maximum Gasteiger partial charge on any atom is 0.193 e. The minimum absolute atomic E-state index is 0. The summed E-state index contributed by atoms with van der Waals surface area (Å²) in [4.78, 5) is 16.2. The van der Waals surface area contributed by atoms with Gasteiger partial charge in [0.2, 0.25) is 0 Å². The fraction of sp³-hybridized carbons (Fsp3) is 0.714. The number of anilines is 1. The lowest BCUT2D eigenvalue weighted by Crippen LogP contribution is -2.45. The van der Waals surface area contributed by atoms with Crippen molar-refractivity contribution in [3.8, 4) is 0 Å². The van der Waals surface area contributed by atoms with Crippen molar-refractivity contribution >= 4 is 35.8 Å². The summed E-state index contributed by atoms with van der Waals surface area (Å²) in [7, 11) is 6.16. The first kappa shape index (κ1) is 24.1. The number of aromatic nitrogens is 1. The maximum atomic E-state index is 5.47. The Kier molecular flexibility index (Phi) is 10.4. The van der Waals surface area contributed by atoms with Gasteiger partial charge in [-0.1, -0.05) is 6.07 Å². The average molecular weight is 516 g/mol. The number of pyridine rings is 1. The van der Waals surface area contributed by atoms with Crippen LogP contribution in [0.4, 0.5) is 5.82 Å². The molecule has 29 heavy (non-hydrogen) atoms. The SMILES string of the molecule is CN=C(NCc1cccnc1N1CCN(C)CC1)N(C)CCC1CCOCC1.I. The van der Waals surface area contributed by atoms with E-state index in [1.54, 1.807) is 0 Å². The summed E-state index contributed by atoms with van der Waals surface area (Å²) in [5.74, 6) is 2.82. The van der Waals surface area contributed by atoms with Crippen LogP contribution in [-0.2, 0) is 11.3 Å². The van der Waals surface area contributed by atoms with Crippen molar-refractivity contribution < 1.29 is 4.74 Å². The van der Waals surface area contributed by atoms with E-state index in [2.05, 4.69) is 50.2 Å². The molecule has 0 radical (unpaired) electrons. The molecule has 0 atom stereocenters. The van der Waals surface area contributed by atoms with Crippen molar-refractivity contribution in [2.24, 2.45) is 10.9 Å². The molecule has 2 fully saturated rings. The van der Waals surface area contributed by atoms with Gasteiger partial charge in [0.1, 0.15) is 5.82 Å². The van der Waals surface area contributed by atoms with E-state index in [0.29, 0.717) is 0 Å². The Morgan fingerprint density at radius 2 is 2.00 bits per heavy atom. The molecule has 2 aliphatic rings. The van der Waals surface area contributed by atoms with E-state index in [0.717, 1.165) is 70.2 Å². The third-order valence-corrected chi connectivity index (χ3v) is 5.89. The van der Waals surface area contributed by atoms with Crippen LogP contribution in [0, 0.1) is 5.92 Å². The second-order valence-corrected chi connectivity index (χ2v) is 7.94. The largest absolute Gasteiger partial charge is 0.381 e. The smallest absolute Gasteiger partial charge is 0.193 e. The average Bonchev–Trinajstić information content (AvgIpc) is 2.74. The molecule has 2 saturated heterocycles. The number of hydrogen-bond donors (Lipinski definition) is 1. The molecular formula is C21H37IN6O. The second-order valence-electron chi connectivity index (χ2n) is 7.94. The highest BCUT2D eigenvalue weighted by Gasteiger charge is 2.19. The quantitative estimate of drug-likeness (QED) is 0.356. The number of aliphatic imine (C=N–C) groups is 1. The van der Waals surface area contributed by atoms with Gasteiger partial charge < -0.3 is 24.8 Å². The van der Waals surface area contributed by atoms with Gasteiger partial charge in [0.25, 0.3) is 0 Å². The van der Waals surface area contributed by atoms with Gasteiger partial charge in [0.15, 0.2) is 5.96 Å². The Morgan fingerprint density at radius 1 is 1.28 bits per heavy atom. The van der Waals surface area contributed by atoms with Gasteiger partial charge in [-0.15, -0.1) is 24.0 Å². The number of nitrogens with one attached hydrogen (secondary N) is 1. The van der Waals surface area contributed by atoms with Gasteiger partial charge in [-0.2, -0.15) is 0 Å². The number of halogens is 1. The number of guanidine groups is 1. The lowest BCUT2D eigenvalue weighted by Gasteiger charge is -2.34. The standard InChI is InChI=1S/C21H36N6O.HI/c1-22-21(26(3)10-6-18-7-15-28-16-8-18)24-17-19-5-4-9-23-20(19)27-13-11-25(2)12-14-27;/h4-5,9,18H,6-8,10-17H2,1-3H3,(H,22,24);1H. The molecule has 8 heteroatoms. The fourth-order valence-corrected chi connectivity index (χ4v) is 3.95. The lowest BCUT2D eigenvalue weighted by atomic mass is 9.96. The topological polar surface area (TPSA) is 56.2 Å². The summed E-state index contributed by atoms with van der Waals surface area (Å²) in [6.07, 6.45) is 5.46. The van der Waals surface area contributed by atoms with Crippen molar-refractivity contribution in [1.82, 2.24) is 20.1 Å². The van der Waals surface area contributed by atoms with Crippen LogP contribution >= 0.6 is 24.0 Å². The molecule has 7 nitrogen and oxygen atoms in total. The highest BCUT2D eigenvalue weighted by Crippen LogP contribution is 2.20. The first-order valence-corrected chi connectivity index (χ1v) is 10.5. The molecule has 2 aliphatic heterocycles. The molecule has 164 valence electrons. The Hall–Kier alpha value is -1.13. The summed E-state index contributed by atoms with van der Waals surface area (Å²) in [5, 5.41) is 3.54. The number of ether oxygens (including phenoxy) is 1. The normalized spacial score (nSPS) is 19.0. The molecule has 0 aromatic carbocycles. The maximum absolute atomic E-state index is 5.47. The van der Waals surface area contributed by atoms with Crippen LogP contribution in [0.25, 0.3) is 0 Å². The summed E-state index contributed by atoms with van der Waals surface area (Å²) in [6.45, 7) is 7.81. The number of rotatable bonds is 6. The zero-order valence-corrected chi connectivity index (χ0v) is 20.5. The van der Waals surface area contributed by atoms with E-state index in [4.69, 9.17) is 4.74 Å². The Bertz CT molecular complexity index is 629. The minimum Gasteiger partial charge on any atom is -0.381 e. The first-order chi connectivity index (χ1) is 13.7. The fourth-order valence-electron chi connectivity index (χ4n) is 3.95. The van der Waals surface area contributed by atoms with Crippen LogP contribution < -0.4 is 10.2 Å². The molecule has 0 spiro atoms. The molecule has 0 aliphatic carbocycles. The number of hydrogen-bond acceptors (Lipinski definition) is 5. The van der Waals surface area contributed by atoms with Gasteiger partial charge in [0, 0.05) is 78.3 Å². The van der Waals surface area contributed by atoms with Gasteiger partial charge in [0.05, 0.1) is 0 Å². The van der Waals surface area contributed by atoms with Crippen molar-refractivity contribution in [2.75, 3.05) is 72.0 Å². The summed E-state index contributed by atoms with van der Waals surface area (Å²) in [6, 6.07) is 4.19. The van der Waals surface area contributed by atoms with E-state index in [1.807, 2.05) is 19.3 Å². The zero-order chi connectivity index (χ0) is 19.8. The zero-order valence-electron chi connectivity index (χ0n) is 18.1. The van der Waals surface area contributed by atoms with Crippen LogP contribution in [0.15, 0.2) is 23.3 Å². The van der Waals surface area contributed by atoms with E-state index in [1.165, 1.54) is 24.8 Å².